The minimum atomic E-state index is -0.124. The molecule has 0 spiro atoms. The van der Waals surface area contributed by atoms with Crippen LogP contribution >= 0.6 is 0 Å². The molecule has 1 aromatic carbocycles. The van der Waals surface area contributed by atoms with Crippen LogP contribution in [0.1, 0.15) is 62.5 Å². The Hall–Kier alpha value is -1.06. The third kappa shape index (κ3) is 3.47. The van der Waals surface area contributed by atoms with Crippen LogP contribution in [0.15, 0.2) is 18.2 Å². The first-order valence-corrected chi connectivity index (χ1v) is 8.90. The van der Waals surface area contributed by atoms with Crippen LogP contribution in [0.2, 0.25) is 0 Å². The van der Waals surface area contributed by atoms with Crippen LogP contribution in [0, 0.1) is 0 Å². The Morgan fingerprint density at radius 1 is 1.05 bits per heavy atom. The van der Waals surface area contributed by atoms with E-state index in [2.05, 4.69) is 23.1 Å². The van der Waals surface area contributed by atoms with Gasteiger partial charge in [-0.2, -0.15) is 0 Å². The number of piperidine rings is 1. The molecule has 0 bridgehead atoms. The van der Waals surface area contributed by atoms with E-state index in [1.165, 1.54) is 62.7 Å². The van der Waals surface area contributed by atoms with Gasteiger partial charge in [-0.1, -0.05) is 31.7 Å². The van der Waals surface area contributed by atoms with Gasteiger partial charge >= 0.3 is 0 Å². The average molecular weight is 302 g/mol. The van der Waals surface area contributed by atoms with Gasteiger partial charge in [0, 0.05) is 17.6 Å². The quantitative estimate of drug-likeness (QED) is 0.919. The summed E-state index contributed by atoms with van der Waals surface area (Å²) in [7, 11) is 1.77. The molecule has 122 valence electrons. The normalized spacial score (nSPS) is 22.5. The first-order chi connectivity index (χ1) is 10.7. The van der Waals surface area contributed by atoms with Crippen LogP contribution in [0.4, 0.5) is 0 Å². The number of ether oxygens (including phenoxy) is 1. The smallest absolute Gasteiger partial charge is 0.123 e. The molecule has 1 heterocycles. The number of benzene rings is 1. The van der Waals surface area contributed by atoms with Crippen molar-refractivity contribution in [1.82, 2.24) is 4.90 Å². The van der Waals surface area contributed by atoms with E-state index < -0.39 is 0 Å². The van der Waals surface area contributed by atoms with Crippen molar-refractivity contribution in [2.24, 2.45) is 5.73 Å². The number of nitrogens with two attached hydrogens (primary N) is 1. The second-order valence-corrected chi connectivity index (χ2v) is 7.08. The topological polar surface area (TPSA) is 38.5 Å². The molecular weight excluding hydrogens is 272 g/mol. The summed E-state index contributed by atoms with van der Waals surface area (Å²) in [6, 6.07) is 6.63. The maximum atomic E-state index is 6.72. The number of likely N-dealkylation sites (tertiary alicyclic amines) is 1. The fourth-order valence-electron chi connectivity index (χ4n) is 4.04. The van der Waals surface area contributed by atoms with Gasteiger partial charge in [0.15, 0.2) is 0 Å². The van der Waals surface area contributed by atoms with E-state index >= 15 is 0 Å². The summed E-state index contributed by atoms with van der Waals surface area (Å²) in [5.74, 6) is 1.01. The van der Waals surface area contributed by atoms with Crippen LogP contribution < -0.4 is 10.5 Å². The van der Waals surface area contributed by atoms with E-state index in [4.69, 9.17) is 10.5 Å². The zero-order chi connectivity index (χ0) is 15.4. The molecule has 1 aliphatic heterocycles. The van der Waals surface area contributed by atoms with Gasteiger partial charge in [0.2, 0.25) is 0 Å². The van der Waals surface area contributed by atoms with Crippen molar-refractivity contribution in [3.8, 4) is 5.75 Å². The highest BCUT2D eigenvalue weighted by atomic mass is 16.5. The van der Waals surface area contributed by atoms with Crippen LogP contribution in [-0.4, -0.2) is 25.1 Å². The minimum Gasteiger partial charge on any atom is -0.496 e. The van der Waals surface area contributed by atoms with Gasteiger partial charge in [-0.3, -0.25) is 4.90 Å². The molecular formula is C19H30N2O. The van der Waals surface area contributed by atoms with E-state index in [1.807, 2.05) is 0 Å². The van der Waals surface area contributed by atoms with Gasteiger partial charge in [-0.05, 0) is 56.5 Å². The molecule has 0 radical (unpaired) electrons. The molecule has 22 heavy (non-hydrogen) atoms. The Labute approximate surface area is 134 Å². The molecule has 0 aromatic heterocycles. The van der Waals surface area contributed by atoms with Crippen molar-refractivity contribution in [2.45, 2.75) is 63.5 Å². The molecule has 0 amide bonds. The summed E-state index contributed by atoms with van der Waals surface area (Å²) in [6.45, 7) is 3.41. The standard InChI is InChI=1S/C19H30N2O/c1-22-18-9-8-17(19(20)10-4-2-5-11-19)14-16(18)15-21-12-6-3-7-13-21/h8-9,14H,2-7,10-13,15,20H2,1H3. The Morgan fingerprint density at radius 3 is 2.41 bits per heavy atom. The Bertz CT molecular complexity index is 488. The van der Waals surface area contributed by atoms with Crippen LogP contribution in [0.3, 0.4) is 0 Å². The highest BCUT2D eigenvalue weighted by Gasteiger charge is 2.30. The maximum Gasteiger partial charge on any atom is 0.123 e. The monoisotopic (exact) mass is 302 g/mol. The predicted octanol–water partition coefficient (Wildman–Crippen LogP) is 3.80. The lowest BCUT2D eigenvalue weighted by molar-refractivity contribution is 0.217. The lowest BCUT2D eigenvalue weighted by Gasteiger charge is -2.35. The third-order valence-electron chi connectivity index (χ3n) is 5.44. The number of hydrogen-bond donors (Lipinski definition) is 1. The van der Waals surface area contributed by atoms with E-state index in [-0.39, 0.29) is 5.54 Å². The van der Waals surface area contributed by atoms with Gasteiger partial charge in [-0.15, -0.1) is 0 Å². The lowest BCUT2D eigenvalue weighted by Crippen LogP contribution is -2.38. The van der Waals surface area contributed by atoms with Gasteiger partial charge < -0.3 is 10.5 Å². The molecule has 0 atom stereocenters. The van der Waals surface area contributed by atoms with Gasteiger partial charge in [-0.25, -0.2) is 0 Å². The van der Waals surface area contributed by atoms with E-state index in [1.54, 1.807) is 7.11 Å². The number of hydrogen-bond acceptors (Lipinski definition) is 3. The molecule has 2 N–H and O–H groups in total. The van der Waals surface area contributed by atoms with Crippen molar-refractivity contribution in [3.05, 3.63) is 29.3 Å². The molecule has 2 aliphatic rings. The summed E-state index contributed by atoms with van der Waals surface area (Å²) in [5, 5.41) is 0. The molecule has 1 saturated carbocycles. The summed E-state index contributed by atoms with van der Waals surface area (Å²) < 4.78 is 5.59. The number of nitrogens with zero attached hydrogens (tertiary/aromatic N) is 1. The largest absolute Gasteiger partial charge is 0.496 e. The Kier molecular flexibility index (Phi) is 5.04. The number of methoxy groups -OCH3 is 1. The molecule has 1 saturated heterocycles. The van der Waals surface area contributed by atoms with E-state index in [0.717, 1.165) is 25.1 Å². The SMILES string of the molecule is COc1ccc(C2(N)CCCCC2)cc1CN1CCCCC1. The van der Waals surface area contributed by atoms with Crippen molar-refractivity contribution < 1.29 is 4.74 Å². The summed E-state index contributed by atoms with van der Waals surface area (Å²) in [5.41, 5.74) is 9.20. The maximum absolute atomic E-state index is 6.72. The van der Waals surface area contributed by atoms with Crippen LogP contribution in [-0.2, 0) is 12.1 Å². The van der Waals surface area contributed by atoms with Gasteiger partial charge in [0.05, 0.1) is 7.11 Å². The fraction of sp³-hybridized carbons (Fsp3) is 0.684. The Morgan fingerprint density at radius 2 is 1.73 bits per heavy atom. The summed E-state index contributed by atoms with van der Waals surface area (Å²) in [6.07, 6.45) is 10.1. The first kappa shape index (κ1) is 15.8. The molecule has 3 nitrogen and oxygen atoms in total. The zero-order valence-electron chi connectivity index (χ0n) is 13.9. The van der Waals surface area contributed by atoms with Gasteiger partial charge in [0.25, 0.3) is 0 Å². The molecule has 3 rings (SSSR count). The average Bonchev–Trinajstić information content (AvgIpc) is 2.56. The van der Waals surface area contributed by atoms with Crippen LogP contribution in [0.5, 0.6) is 5.75 Å². The molecule has 1 aliphatic carbocycles. The number of rotatable bonds is 4. The highest BCUT2D eigenvalue weighted by Crippen LogP contribution is 2.36. The van der Waals surface area contributed by atoms with Crippen molar-refractivity contribution >= 4 is 0 Å². The molecule has 3 heteroatoms. The van der Waals surface area contributed by atoms with E-state index in [0.29, 0.717) is 0 Å². The fourth-order valence-corrected chi connectivity index (χ4v) is 4.04. The first-order valence-electron chi connectivity index (χ1n) is 8.90. The third-order valence-corrected chi connectivity index (χ3v) is 5.44. The zero-order valence-corrected chi connectivity index (χ0v) is 13.9. The Balaban J connectivity index is 1.82. The van der Waals surface area contributed by atoms with E-state index in [9.17, 15) is 0 Å². The second-order valence-electron chi connectivity index (χ2n) is 7.08. The van der Waals surface area contributed by atoms with Gasteiger partial charge in [0.1, 0.15) is 5.75 Å². The second kappa shape index (κ2) is 7.01. The molecule has 2 fully saturated rings. The van der Waals surface area contributed by atoms with Crippen molar-refractivity contribution in [2.75, 3.05) is 20.2 Å². The minimum absolute atomic E-state index is 0.124. The summed E-state index contributed by atoms with van der Waals surface area (Å²) >= 11 is 0. The predicted molar refractivity (Wildman–Crippen MR) is 91.1 cm³/mol. The lowest BCUT2D eigenvalue weighted by atomic mass is 9.77. The highest BCUT2D eigenvalue weighted by molar-refractivity contribution is 5.40. The van der Waals surface area contributed by atoms with Crippen LogP contribution in [0.25, 0.3) is 0 Å². The van der Waals surface area contributed by atoms with Crippen molar-refractivity contribution in [1.29, 1.82) is 0 Å². The molecule has 0 unspecified atom stereocenters. The van der Waals surface area contributed by atoms with Crippen molar-refractivity contribution in [3.63, 3.8) is 0 Å². The summed E-state index contributed by atoms with van der Waals surface area (Å²) in [4.78, 5) is 2.55. The molecule has 1 aromatic rings.